The molecule has 1 aliphatic heterocycles. The Labute approximate surface area is 225 Å². The van der Waals surface area contributed by atoms with E-state index in [9.17, 15) is 13.2 Å². The summed E-state index contributed by atoms with van der Waals surface area (Å²) in [6.45, 7) is 2.75. The molecule has 0 unspecified atom stereocenters. The van der Waals surface area contributed by atoms with Gasteiger partial charge in [-0.15, -0.1) is 0 Å². The molecular formula is C29H24ClN3O4S. The second-order valence-electron chi connectivity index (χ2n) is 9.05. The molecular weight excluding hydrogens is 522 g/mol. The zero-order valence-electron chi connectivity index (χ0n) is 20.5. The van der Waals surface area contributed by atoms with Gasteiger partial charge in [0, 0.05) is 39.1 Å². The Kier molecular flexibility index (Phi) is 6.01. The first-order valence-electron chi connectivity index (χ1n) is 12.2. The average molecular weight is 546 g/mol. The zero-order chi connectivity index (χ0) is 26.4. The number of amides is 1. The van der Waals surface area contributed by atoms with E-state index in [0.29, 0.717) is 22.1 Å². The van der Waals surface area contributed by atoms with Crippen molar-refractivity contribution < 1.29 is 17.9 Å². The number of rotatable bonds is 5. The van der Waals surface area contributed by atoms with Crippen molar-refractivity contribution in [1.82, 2.24) is 4.57 Å². The number of hydrogen-bond acceptors (Lipinski definition) is 4. The summed E-state index contributed by atoms with van der Waals surface area (Å²) in [5.41, 5.74) is 3.19. The fraction of sp³-hybridized carbons (Fsp3) is 0.138. The maximum Gasteiger partial charge on any atom is 0.267 e. The first-order chi connectivity index (χ1) is 18.4. The van der Waals surface area contributed by atoms with Gasteiger partial charge in [0.15, 0.2) is 6.10 Å². The lowest BCUT2D eigenvalue weighted by Crippen LogP contribution is -2.48. The van der Waals surface area contributed by atoms with Crippen LogP contribution in [-0.2, 0) is 21.4 Å². The van der Waals surface area contributed by atoms with Gasteiger partial charge >= 0.3 is 0 Å². The Balaban J connectivity index is 1.33. The minimum atomic E-state index is -3.97. The number of hydrogen-bond donors (Lipinski definition) is 1. The summed E-state index contributed by atoms with van der Waals surface area (Å²) in [4.78, 5) is 13.5. The van der Waals surface area contributed by atoms with Gasteiger partial charge < -0.3 is 14.6 Å². The number of halogens is 1. The molecule has 5 aromatic rings. The highest BCUT2D eigenvalue weighted by molar-refractivity contribution is 7.92. The number of carbonyl (C=O) groups excluding carboxylic acids is 1. The predicted octanol–water partition coefficient (Wildman–Crippen LogP) is 6.06. The largest absolute Gasteiger partial charge is 0.476 e. The van der Waals surface area contributed by atoms with Crippen LogP contribution >= 0.6 is 11.6 Å². The lowest BCUT2D eigenvalue weighted by Gasteiger charge is -2.34. The van der Waals surface area contributed by atoms with Gasteiger partial charge in [0.2, 0.25) is 0 Å². The van der Waals surface area contributed by atoms with Gasteiger partial charge in [0.1, 0.15) is 5.75 Å². The lowest BCUT2D eigenvalue weighted by atomic mass is 10.1. The summed E-state index contributed by atoms with van der Waals surface area (Å²) in [5.74, 6) is -0.118. The topological polar surface area (TPSA) is 80.6 Å². The quantitative estimate of drug-likeness (QED) is 0.291. The van der Waals surface area contributed by atoms with E-state index in [-0.39, 0.29) is 11.4 Å². The molecule has 192 valence electrons. The van der Waals surface area contributed by atoms with Crippen LogP contribution in [0.15, 0.2) is 95.9 Å². The molecule has 2 heterocycles. The summed E-state index contributed by atoms with van der Waals surface area (Å²) in [7, 11) is -3.97. The van der Waals surface area contributed by atoms with Crippen LogP contribution in [0.5, 0.6) is 5.75 Å². The molecule has 4 aromatic carbocycles. The fourth-order valence-corrected chi connectivity index (χ4v) is 6.60. The van der Waals surface area contributed by atoms with Crippen molar-refractivity contribution in [3.63, 3.8) is 0 Å². The molecule has 6 rings (SSSR count). The summed E-state index contributed by atoms with van der Waals surface area (Å²) in [5, 5.41) is 5.50. The Morgan fingerprint density at radius 3 is 2.45 bits per heavy atom. The van der Waals surface area contributed by atoms with Gasteiger partial charge in [0.05, 0.1) is 17.1 Å². The molecule has 0 saturated carbocycles. The number of anilines is 2. The molecule has 1 N–H and O–H groups in total. The highest BCUT2D eigenvalue weighted by Gasteiger charge is 2.37. The normalized spacial score (nSPS) is 15.3. The molecule has 1 atom stereocenters. The second-order valence-corrected chi connectivity index (χ2v) is 11.3. The number of aryl methyl sites for hydroxylation is 1. The van der Waals surface area contributed by atoms with Crippen LogP contribution in [0, 0.1) is 0 Å². The van der Waals surface area contributed by atoms with Crippen LogP contribution in [0.3, 0.4) is 0 Å². The molecule has 0 saturated heterocycles. The van der Waals surface area contributed by atoms with Gasteiger partial charge in [-0.2, -0.15) is 0 Å². The highest BCUT2D eigenvalue weighted by Crippen LogP contribution is 2.37. The molecule has 1 amide bonds. The van der Waals surface area contributed by atoms with Gasteiger partial charge in [-0.3, -0.25) is 9.10 Å². The molecule has 0 fully saturated rings. The lowest BCUT2D eigenvalue weighted by molar-refractivity contribution is -0.122. The third kappa shape index (κ3) is 4.06. The standard InChI is InChI=1S/C29H24ClN3O4S/c1-2-32-24-8-4-3-7-22(24)23-17-20(13-16-25(23)32)31-29(34)28-18-33(26-9-5-6-10-27(26)37-28)38(35,36)21-14-11-19(30)12-15-21/h3-17,28H,2,18H2,1H3,(H,31,34)/t28-/m1/s1. The van der Waals surface area contributed by atoms with Crippen LogP contribution in [0.4, 0.5) is 11.4 Å². The van der Waals surface area contributed by atoms with Crippen molar-refractivity contribution in [3.05, 3.63) is 96.0 Å². The molecule has 0 radical (unpaired) electrons. The van der Waals surface area contributed by atoms with Crippen LogP contribution in [0.25, 0.3) is 21.8 Å². The van der Waals surface area contributed by atoms with E-state index in [1.165, 1.54) is 28.6 Å². The smallest absolute Gasteiger partial charge is 0.267 e. The van der Waals surface area contributed by atoms with Crippen LogP contribution in [0.2, 0.25) is 5.02 Å². The molecule has 0 spiro atoms. The predicted molar refractivity (Wildman–Crippen MR) is 151 cm³/mol. The van der Waals surface area contributed by atoms with Gasteiger partial charge in [-0.25, -0.2) is 8.42 Å². The molecule has 1 aromatic heterocycles. The Morgan fingerprint density at radius 1 is 0.947 bits per heavy atom. The first-order valence-corrected chi connectivity index (χ1v) is 14.0. The summed E-state index contributed by atoms with van der Waals surface area (Å²) in [6, 6.07) is 26.7. The molecule has 9 heteroatoms. The number of carbonyl (C=O) groups is 1. The van der Waals surface area contributed by atoms with Crippen LogP contribution < -0.4 is 14.4 Å². The SMILES string of the molecule is CCn1c2ccccc2c2cc(NC(=O)[C@H]3CN(S(=O)(=O)c4ccc(Cl)cc4)c4ccccc4O3)ccc21. The van der Waals surface area contributed by atoms with E-state index in [2.05, 4.69) is 28.9 Å². The van der Waals surface area contributed by atoms with Crippen LogP contribution in [0.1, 0.15) is 6.92 Å². The fourth-order valence-electron chi connectivity index (χ4n) is 5.00. The van der Waals surface area contributed by atoms with Crippen LogP contribution in [-0.4, -0.2) is 31.5 Å². The second kappa shape index (κ2) is 9.38. The number of benzene rings is 4. The molecule has 0 aliphatic carbocycles. The maximum atomic E-state index is 13.6. The van der Waals surface area contributed by atoms with Crippen molar-refractivity contribution in [2.75, 3.05) is 16.2 Å². The summed E-state index contributed by atoms with van der Waals surface area (Å²) in [6.07, 6.45) is -1.06. The molecule has 1 aliphatic rings. The van der Waals surface area contributed by atoms with E-state index in [4.69, 9.17) is 16.3 Å². The van der Waals surface area contributed by atoms with Gasteiger partial charge in [-0.05, 0) is 67.6 Å². The van der Waals surface area contributed by atoms with Gasteiger partial charge in [0.25, 0.3) is 15.9 Å². The number of fused-ring (bicyclic) bond motifs is 4. The summed E-state index contributed by atoms with van der Waals surface area (Å²) >= 11 is 5.97. The molecule has 38 heavy (non-hydrogen) atoms. The Morgan fingerprint density at radius 2 is 1.66 bits per heavy atom. The van der Waals surface area contributed by atoms with Crippen molar-refractivity contribution in [1.29, 1.82) is 0 Å². The number of aromatic nitrogens is 1. The summed E-state index contributed by atoms with van der Waals surface area (Å²) < 4.78 is 36.6. The van der Waals surface area contributed by atoms with Crippen molar-refractivity contribution in [2.24, 2.45) is 0 Å². The highest BCUT2D eigenvalue weighted by atomic mass is 35.5. The molecule has 0 bridgehead atoms. The number of ether oxygens (including phenoxy) is 1. The van der Waals surface area contributed by atoms with E-state index >= 15 is 0 Å². The maximum absolute atomic E-state index is 13.6. The van der Waals surface area contributed by atoms with Gasteiger partial charge in [-0.1, -0.05) is 41.9 Å². The number of sulfonamides is 1. The molecule has 7 nitrogen and oxygen atoms in total. The Hall–Kier alpha value is -4.01. The average Bonchev–Trinajstić information content (AvgIpc) is 3.25. The number of nitrogens with zero attached hydrogens (tertiary/aromatic N) is 2. The zero-order valence-corrected chi connectivity index (χ0v) is 22.0. The first kappa shape index (κ1) is 24.3. The minimum Gasteiger partial charge on any atom is -0.476 e. The van der Waals surface area contributed by atoms with Crippen molar-refractivity contribution in [2.45, 2.75) is 24.5 Å². The Bertz CT molecular complexity index is 1800. The minimum absolute atomic E-state index is 0.0792. The van der Waals surface area contributed by atoms with E-state index < -0.39 is 22.0 Å². The van der Waals surface area contributed by atoms with E-state index in [0.717, 1.165) is 28.4 Å². The van der Waals surface area contributed by atoms with E-state index in [1.54, 1.807) is 24.3 Å². The third-order valence-electron chi connectivity index (χ3n) is 6.79. The number of para-hydroxylation sites is 3. The third-order valence-corrected chi connectivity index (χ3v) is 8.83. The number of nitrogens with one attached hydrogen (secondary N) is 1. The van der Waals surface area contributed by atoms with E-state index in [1.807, 2.05) is 30.3 Å². The van der Waals surface area contributed by atoms with Crippen molar-refractivity contribution in [3.8, 4) is 5.75 Å². The van der Waals surface area contributed by atoms with Crippen molar-refractivity contribution >= 4 is 60.7 Å². The monoisotopic (exact) mass is 545 g/mol.